The Morgan fingerprint density at radius 2 is 1.80 bits per heavy atom. The van der Waals surface area contributed by atoms with E-state index in [1.54, 1.807) is 0 Å². The largest absolute Gasteiger partial charge is 0.481 e. The van der Waals surface area contributed by atoms with Gasteiger partial charge in [0.2, 0.25) is 0 Å². The summed E-state index contributed by atoms with van der Waals surface area (Å²) in [5, 5.41) is 8.98. The van der Waals surface area contributed by atoms with Gasteiger partial charge in [-0.2, -0.15) is 0 Å². The summed E-state index contributed by atoms with van der Waals surface area (Å²) in [6.07, 6.45) is 7.92. The highest BCUT2D eigenvalue weighted by atomic mass is 16.4. The molecule has 0 aromatic rings. The molecule has 0 saturated heterocycles. The average Bonchev–Trinajstić information content (AvgIpc) is 2.55. The SMILES string of the molecule is [NH3+]CC1(CC(=O)O)CC2CCCCC2C1. The first-order valence-electron chi connectivity index (χ1n) is 6.16. The lowest BCUT2D eigenvalue weighted by atomic mass is 9.81. The van der Waals surface area contributed by atoms with E-state index in [1.807, 2.05) is 0 Å². The van der Waals surface area contributed by atoms with Gasteiger partial charge in [-0.1, -0.05) is 25.7 Å². The highest BCUT2D eigenvalue weighted by molar-refractivity contribution is 5.67. The van der Waals surface area contributed by atoms with E-state index < -0.39 is 5.97 Å². The minimum atomic E-state index is -0.641. The number of fused-ring (bicyclic) bond motifs is 1. The number of hydrogen-bond acceptors (Lipinski definition) is 1. The van der Waals surface area contributed by atoms with E-state index >= 15 is 0 Å². The second-order valence-electron chi connectivity index (χ2n) is 5.53. The number of aliphatic carboxylic acids is 1. The Bertz CT molecular complexity index is 238. The Hall–Kier alpha value is -0.570. The first kappa shape index (κ1) is 10.9. The molecule has 2 aliphatic carbocycles. The molecule has 15 heavy (non-hydrogen) atoms. The van der Waals surface area contributed by atoms with Gasteiger partial charge >= 0.3 is 5.97 Å². The standard InChI is InChI=1S/C12H21NO2/c13-8-12(7-11(14)15)5-9-3-1-2-4-10(9)6-12/h9-10H,1-8,13H2,(H,14,15)/p+1. The molecule has 86 valence electrons. The molecule has 2 fully saturated rings. The molecule has 0 bridgehead atoms. The van der Waals surface area contributed by atoms with Gasteiger partial charge in [0.25, 0.3) is 0 Å². The van der Waals surface area contributed by atoms with Crippen molar-refractivity contribution >= 4 is 5.97 Å². The smallest absolute Gasteiger partial charge is 0.304 e. The number of quaternary nitrogens is 1. The molecule has 0 aromatic carbocycles. The minimum absolute atomic E-state index is 0.0332. The third kappa shape index (κ3) is 2.17. The maximum Gasteiger partial charge on any atom is 0.304 e. The fraction of sp³-hybridized carbons (Fsp3) is 0.917. The number of rotatable bonds is 3. The summed E-state index contributed by atoms with van der Waals surface area (Å²) < 4.78 is 0. The third-order valence-corrected chi connectivity index (χ3v) is 4.51. The second-order valence-corrected chi connectivity index (χ2v) is 5.53. The molecule has 0 aliphatic heterocycles. The van der Waals surface area contributed by atoms with E-state index in [0.29, 0.717) is 6.42 Å². The van der Waals surface area contributed by atoms with Crippen LogP contribution in [0, 0.1) is 17.3 Å². The van der Waals surface area contributed by atoms with Gasteiger partial charge in [0.15, 0.2) is 0 Å². The van der Waals surface area contributed by atoms with Gasteiger partial charge in [-0.15, -0.1) is 0 Å². The summed E-state index contributed by atoms with van der Waals surface area (Å²) in [4.78, 5) is 10.9. The molecule has 2 unspecified atom stereocenters. The van der Waals surface area contributed by atoms with Crippen molar-refractivity contribution in [1.82, 2.24) is 0 Å². The van der Waals surface area contributed by atoms with Crippen molar-refractivity contribution in [3.63, 3.8) is 0 Å². The molecule has 4 N–H and O–H groups in total. The van der Waals surface area contributed by atoms with Crippen molar-refractivity contribution in [3.05, 3.63) is 0 Å². The molecular formula is C12H22NO2+. The molecule has 3 nitrogen and oxygen atoms in total. The molecule has 0 amide bonds. The van der Waals surface area contributed by atoms with Crippen LogP contribution in [-0.4, -0.2) is 17.6 Å². The molecular weight excluding hydrogens is 190 g/mol. The van der Waals surface area contributed by atoms with Crippen LogP contribution in [0.1, 0.15) is 44.9 Å². The summed E-state index contributed by atoms with van der Waals surface area (Å²) in [6, 6.07) is 0. The average molecular weight is 212 g/mol. The monoisotopic (exact) mass is 212 g/mol. The van der Waals surface area contributed by atoms with Gasteiger partial charge in [-0.05, 0) is 24.7 Å². The van der Waals surface area contributed by atoms with Crippen LogP contribution in [0.5, 0.6) is 0 Å². The number of carboxylic acids is 1. The number of hydrogen-bond donors (Lipinski definition) is 2. The Balaban J connectivity index is 2.05. The highest BCUT2D eigenvalue weighted by Gasteiger charge is 2.47. The molecule has 2 aliphatic rings. The van der Waals surface area contributed by atoms with Crippen LogP contribution in [0.25, 0.3) is 0 Å². The van der Waals surface area contributed by atoms with Gasteiger partial charge in [0.05, 0.1) is 13.0 Å². The Kier molecular flexibility index (Phi) is 3.01. The van der Waals surface area contributed by atoms with E-state index in [1.165, 1.54) is 25.7 Å². The normalized spacial score (nSPS) is 40.1. The molecule has 3 heteroatoms. The van der Waals surface area contributed by atoms with Gasteiger partial charge in [0.1, 0.15) is 0 Å². The summed E-state index contributed by atoms with van der Waals surface area (Å²) in [6.45, 7) is 0.798. The summed E-state index contributed by atoms with van der Waals surface area (Å²) in [7, 11) is 0. The predicted octanol–water partition coefficient (Wildman–Crippen LogP) is 1.29. The zero-order chi connectivity index (χ0) is 10.9. The van der Waals surface area contributed by atoms with Crippen LogP contribution >= 0.6 is 0 Å². The van der Waals surface area contributed by atoms with Crippen molar-refractivity contribution < 1.29 is 15.6 Å². The fourth-order valence-electron chi connectivity index (χ4n) is 3.78. The van der Waals surface area contributed by atoms with Gasteiger partial charge in [0, 0.05) is 5.41 Å². The maximum atomic E-state index is 10.9. The quantitative estimate of drug-likeness (QED) is 0.740. The van der Waals surface area contributed by atoms with E-state index in [9.17, 15) is 4.79 Å². The second kappa shape index (κ2) is 4.12. The van der Waals surface area contributed by atoms with E-state index in [-0.39, 0.29) is 5.41 Å². The number of carbonyl (C=O) groups is 1. The molecule has 0 spiro atoms. The van der Waals surface area contributed by atoms with Crippen molar-refractivity contribution in [2.45, 2.75) is 44.9 Å². The fourth-order valence-corrected chi connectivity index (χ4v) is 3.78. The van der Waals surface area contributed by atoms with Crippen molar-refractivity contribution in [1.29, 1.82) is 0 Å². The summed E-state index contributed by atoms with van der Waals surface area (Å²) in [5.41, 5.74) is 4.02. The first-order chi connectivity index (χ1) is 7.15. The van der Waals surface area contributed by atoms with Crippen molar-refractivity contribution in [2.24, 2.45) is 17.3 Å². The van der Waals surface area contributed by atoms with E-state index in [4.69, 9.17) is 5.11 Å². The Morgan fingerprint density at radius 3 is 2.20 bits per heavy atom. The van der Waals surface area contributed by atoms with Crippen LogP contribution in [0.3, 0.4) is 0 Å². The van der Waals surface area contributed by atoms with E-state index in [0.717, 1.165) is 31.2 Å². The van der Waals surface area contributed by atoms with Crippen LogP contribution in [0.4, 0.5) is 0 Å². The summed E-state index contributed by atoms with van der Waals surface area (Å²) in [5.74, 6) is 0.969. The Morgan fingerprint density at radius 1 is 1.27 bits per heavy atom. The molecule has 0 radical (unpaired) electrons. The third-order valence-electron chi connectivity index (χ3n) is 4.51. The molecule has 0 aromatic heterocycles. The van der Waals surface area contributed by atoms with Gasteiger partial charge < -0.3 is 10.8 Å². The number of carboxylic acid groups (broad SMARTS) is 1. The molecule has 2 saturated carbocycles. The lowest BCUT2D eigenvalue weighted by molar-refractivity contribution is -0.392. The summed E-state index contributed by atoms with van der Waals surface area (Å²) >= 11 is 0. The topological polar surface area (TPSA) is 64.9 Å². The lowest BCUT2D eigenvalue weighted by Crippen LogP contribution is -2.58. The van der Waals surface area contributed by atoms with Crippen LogP contribution < -0.4 is 5.73 Å². The molecule has 2 atom stereocenters. The van der Waals surface area contributed by atoms with Crippen LogP contribution in [0.2, 0.25) is 0 Å². The first-order valence-corrected chi connectivity index (χ1v) is 6.16. The molecule has 0 heterocycles. The minimum Gasteiger partial charge on any atom is -0.481 e. The van der Waals surface area contributed by atoms with Crippen molar-refractivity contribution in [3.8, 4) is 0 Å². The lowest BCUT2D eigenvalue weighted by Gasteiger charge is -2.24. The van der Waals surface area contributed by atoms with Gasteiger partial charge in [-0.3, -0.25) is 4.79 Å². The van der Waals surface area contributed by atoms with E-state index in [2.05, 4.69) is 5.73 Å². The van der Waals surface area contributed by atoms with Crippen molar-refractivity contribution in [2.75, 3.05) is 6.54 Å². The maximum absolute atomic E-state index is 10.9. The zero-order valence-electron chi connectivity index (χ0n) is 9.37. The zero-order valence-corrected chi connectivity index (χ0v) is 9.37. The molecule has 2 rings (SSSR count). The van der Waals surface area contributed by atoms with Crippen LogP contribution in [-0.2, 0) is 4.79 Å². The predicted molar refractivity (Wildman–Crippen MR) is 57.1 cm³/mol. The van der Waals surface area contributed by atoms with Gasteiger partial charge in [-0.25, -0.2) is 0 Å². The highest BCUT2D eigenvalue weighted by Crippen LogP contribution is 2.52. The Labute approximate surface area is 91.0 Å². The van der Waals surface area contributed by atoms with Crippen LogP contribution in [0.15, 0.2) is 0 Å².